The van der Waals surface area contributed by atoms with Crippen LogP contribution in [-0.4, -0.2) is 22.5 Å². The number of imidazole rings is 1. The molecule has 3 rings (SSSR count). The van der Waals surface area contributed by atoms with Crippen LogP contribution in [0.1, 0.15) is 18.4 Å². The summed E-state index contributed by atoms with van der Waals surface area (Å²) >= 11 is 5.90. The van der Waals surface area contributed by atoms with E-state index in [0.29, 0.717) is 41.2 Å². The van der Waals surface area contributed by atoms with Crippen LogP contribution < -0.4 is 15.7 Å². The van der Waals surface area contributed by atoms with Gasteiger partial charge in [0.05, 0.1) is 17.6 Å². The summed E-state index contributed by atoms with van der Waals surface area (Å²) in [7, 11) is 0. The number of aromatic nitrogens is 2. The van der Waals surface area contributed by atoms with Crippen molar-refractivity contribution in [3.05, 3.63) is 57.5 Å². The Balaban J connectivity index is 1.48. The van der Waals surface area contributed by atoms with Gasteiger partial charge in [0.1, 0.15) is 5.75 Å². The van der Waals surface area contributed by atoms with Crippen molar-refractivity contribution in [1.82, 2.24) is 9.97 Å². The molecule has 0 atom stereocenters. The standard InChI is InChI=1S/C18H18ClN3O3/c1-11-9-12(19)4-7-16(11)25-8-2-3-17(23)20-13-5-6-14-15(10-13)22-18(24)21-14/h4-7,9-10H,2-3,8H2,1H3,(H,20,23)(H2,21,22,24). The van der Waals surface area contributed by atoms with E-state index >= 15 is 0 Å². The summed E-state index contributed by atoms with van der Waals surface area (Å²) in [5, 5.41) is 3.48. The van der Waals surface area contributed by atoms with Crippen molar-refractivity contribution >= 4 is 34.2 Å². The van der Waals surface area contributed by atoms with Gasteiger partial charge in [-0.15, -0.1) is 0 Å². The van der Waals surface area contributed by atoms with E-state index in [1.807, 2.05) is 19.1 Å². The van der Waals surface area contributed by atoms with Gasteiger partial charge >= 0.3 is 5.69 Å². The zero-order valence-electron chi connectivity index (χ0n) is 13.7. The van der Waals surface area contributed by atoms with Crippen molar-refractivity contribution in [2.45, 2.75) is 19.8 Å². The second-order valence-corrected chi connectivity index (χ2v) is 6.19. The quantitative estimate of drug-likeness (QED) is 0.587. The Bertz CT molecular complexity index is 962. The predicted molar refractivity (Wildman–Crippen MR) is 98.5 cm³/mol. The molecule has 1 heterocycles. The number of amides is 1. The lowest BCUT2D eigenvalue weighted by Crippen LogP contribution is -2.12. The smallest absolute Gasteiger partial charge is 0.323 e. The van der Waals surface area contributed by atoms with Crippen molar-refractivity contribution in [2.24, 2.45) is 0 Å². The number of carbonyl (C=O) groups is 1. The van der Waals surface area contributed by atoms with Gasteiger partial charge in [0.15, 0.2) is 0 Å². The van der Waals surface area contributed by atoms with Crippen LogP contribution >= 0.6 is 11.6 Å². The van der Waals surface area contributed by atoms with Crippen LogP contribution in [0.3, 0.4) is 0 Å². The molecular weight excluding hydrogens is 342 g/mol. The SMILES string of the molecule is Cc1cc(Cl)ccc1OCCCC(=O)Nc1ccc2[nH]c(=O)[nH]c2c1. The fourth-order valence-electron chi connectivity index (χ4n) is 2.52. The predicted octanol–water partition coefficient (Wildman–Crippen LogP) is 3.62. The van der Waals surface area contributed by atoms with Gasteiger partial charge in [0.25, 0.3) is 0 Å². The molecule has 3 aromatic rings. The molecule has 0 bridgehead atoms. The van der Waals surface area contributed by atoms with Gasteiger partial charge in [0.2, 0.25) is 5.91 Å². The molecule has 3 N–H and O–H groups in total. The highest BCUT2D eigenvalue weighted by atomic mass is 35.5. The molecule has 1 amide bonds. The Morgan fingerprint density at radius 3 is 2.76 bits per heavy atom. The maximum Gasteiger partial charge on any atom is 0.323 e. The minimum absolute atomic E-state index is 0.103. The van der Waals surface area contributed by atoms with Crippen LogP contribution in [0, 0.1) is 6.92 Å². The summed E-state index contributed by atoms with van der Waals surface area (Å²) in [6.45, 7) is 2.37. The molecule has 0 unspecified atom stereocenters. The number of hydrogen-bond acceptors (Lipinski definition) is 3. The third-order valence-electron chi connectivity index (χ3n) is 3.74. The largest absolute Gasteiger partial charge is 0.493 e. The molecule has 0 radical (unpaired) electrons. The summed E-state index contributed by atoms with van der Waals surface area (Å²) in [6.07, 6.45) is 0.936. The highest BCUT2D eigenvalue weighted by Crippen LogP contribution is 2.22. The second kappa shape index (κ2) is 7.44. The Labute approximate surface area is 149 Å². The number of hydrogen-bond donors (Lipinski definition) is 3. The number of ether oxygens (including phenoxy) is 1. The number of anilines is 1. The topological polar surface area (TPSA) is 87.0 Å². The molecule has 0 aliphatic heterocycles. The van der Waals surface area contributed by atoms with Crippen molar-refractivity contribution in [3.8, 4) is 5.75 Å². The van der Waals surface area contributed by atoms with Crippen LogP contribution in [0.2, 0.25) is 5.02 Å². The average molecular weight is 360 g/mol. The van der Waals surface area contributed by atoms with Crippen molar-refractivity contribution in [2.75, 3.05) is 11.9 Å². The first-order chi connectivity index (χ1) is 12.0. The van der Waals surface area contributed by atoms with E-state index in [1.54, 1.807) is 24.3 Å². The molecule has 0 fully saturated rings. The van der Waals surface area contributed by atoms with E-state index in [2.05, 4.69) is 15.3 Å². The molecule has 130 valence electrons. The minimum Gasteiger partial charge on any atom is -0.493 e. The summed E-state index contributed by atoms with van der Waals surface area (Å²) in [5.74, 6) is 0.667. The lowest BCUT2D eigenvalue weighted by Gasteiger charge is -2.09. The Hall–Kier alpha value is -2.73. The van der Waals surface area contributed by atoms with Crippen LogP contribution in [-0.2, 0) is 4.79 Å². The van der Waals surface area contributed by atoms with Gasteiger partial charge in [-0.2, -0.15) is 0 Å². The van der Waals surface area contributed by atoms with Gasteiger partial charge in [-0.05, 0) is 55.3 Å². The summed E-state index contributed by atoms with van der Waals surface area (Å²) < 4.78 is 5.67. The van der Waals surface area contributed by atoms with E-state index in [9.17, 15) is 9.59 Å². The highest BCUT2D eigenvalue weighted by molar-refractivity contribution is 6.30. The van der Waals surface area contributed by atoms with E-state index in [-0.39, 0.29) is 11.6 Å². The Kier molecular flexibility index (Phi) is 5.09. The maximum atomic E-state index is 12.0. The van der Waals surface area contributed by atoms with Crippen LogP contribution in [0.25, 0.3) is 11.0 Å². The van der Waals surface area contributed by atoms with Crippen molar-refractivity contribution in [3.63, 3.8) is 0 Å². The van der Waals surface area contributed by atoms with Gasteiger partial charge < -0.3 is 20.0 Å². The lowest BCUT2D eigenvalue weighted by atomic mass is 10.2. The number of halogens is 1. The highest BCUT2D eigenvalue weighted by Gasteiger charge is 2.06. The minimum atomic E-state index is -0.270. The molecule has 6 nitrogen and oxygen atoms in total. The molecule has 1 aromatic heterocycles. The Morgan fingerprint density at radius 2 is 1.96 bits per heavy atom. The van der Waals surface area contributed by atoms with E-state index in [4.69, 9.17) is 16.3 Å². The first-order valence-corrected chi connectivity index (χ1v) is 8.30. The number of carbonyl (C=O) groups excluding carboxylic acids is 1. The van der Waals surface area contributed by atoms with E-state index in [1.165, 1.54) is 0 Å². The summed E-state index contributed by atoms with van der Waals surface area (Å²) in [6, 6.07) is 10.7. The zero-order valence-corrected chi connectivity index (χ0v) is 14.4. The molecule has 7 heteroatoms. The monoisotopic (exact) mass is 359 g/mol. The number of fused-ring (bicyclic) bond motifs is 1. The molecular formula is C18H18ClN3O3. The fraction of sp³-hybridized carbons (Fsp3) is 0.222. The molecule has 25 heavy (non-hydrogen) atoms. The van der Waals surface area contributed by atoms with Gasteiger partial charge in [-0.1, -0.05) is 11.6 Å². The number of aryl methyl sites for hydroxylation is 1. The number of nitrogens with one attached hydrogen (secondary N) is 3. The zero-order chi connectivity index (χ0) is 17.8. The van der Waals surface area contributed by atoms with Gasteiger partial charge in [-0.25, -0.2) is 4.79 Å². The molecule has 0 spiro atoms. The third-order valence-corrected chi connectivity index (χ3v) is 3.98. The van der Waals surface area contributed by atoms with E-state index < -0.39 is 0 Å². The maximum absolute atomic E-state index is 12.0. The van der Waals surface area contributed by atoms with Crippen LogP contribution in [0.4, 0.5) is 5.69 Å². The summed E-state index contributed by atoms with van der Waals surface area (Å²) in [4.78, 5) is 28.6. The Morgan fingerprint density at radius 1 is 1.16 bits per heavy atom. The lowest BCUT2D eigenvalue weighted by molar-refractivity contribution is -0.116. The normalized spacial score (nSPS) is 10.8. The number of benzene rings is 2. The van der Waals surface area contributed by atoms with Crippen molar-refractivity contribution in [1.29, 1.82) is 0 Å². The molecule has 0 aliphatic rings. The van der Waals surface area contributed by atoms with Crippen LogP contribution in [0.5, 0.6) is 5.75 Å². The van der Waals surface area contributed by atoms with Crippen molar-refractivity contribution < 1.29 is 9.53 Å². The first kappa shape index (κ1) is 17.1. The molecule has 2 aromatic carbocycles. The molecule has 0 saturated heterocycles. The first-order valence-electron chi connectivity index (χ1n) is 7.92. The molecule has 0 saturated carbocycles. The van der Waals surface area contributed by atoms with Crippen LogP contribution in [0.15, 0.2) is 41.2 Å². The van der Waals surface area contributed by atoms with E-state index in [0.717, 1.165) is 11.3 Å². The third kappa shape index (κ3) is 4.42. The number of rotatable bonds is 6. The fourth-order valence-corrected chi connectivity index (χ4v) is 2.75. The average Bonchev–Trinajstić information content (AvgIpc) is 2.92. The molecule has 0 aliphatic carbocycles. The second-order valence-electron chi connectivity index (χ2n) is 5.75. The number of H-pyrrole nitrogens is 2. The van der Waals surface area contributed by atoms with Gasteiger partial charge in [-0.3, -0.25) is 4.79 Å². The number of aromatic amines is 2. The van der Waals surface area contributed by atoms with Gasteiger partial charge in [0, 0.05) is 17.1 Å². The summed E-state index contributed by atoms with van der Waals surface area (Å²) in [5.41, 5.74) is 2.69.